The van der Waals surface area contributed by atoms with Gasteiger partial charge in [0.25, 0.3) is 0 Å². The second-order valence-electron chi connectivity index (χ2n) is 9.95. The Morgan fingerprint density at radius 3 is 2.12 bits per heavy atom. The minimum absolute atomic E-state index is 0.0961. The molecule has 0 spiro atoms. The van der Waals surface area contributed by atoms with E-state index < -0.39 is 0 Å². The lowest BCUT2D eigenvalue weighted by Crippen LogP contribution is -2.15. The molecule has 0 unspecified atom stereocenters. The van der Waals surface area contributed by atoms with Gasteiger partial charge in [-0.3, -0.25) is 0 Å². The molecule has 0 aliphatic heterocycles. The van der Waals surface area contributed by atoms with Crippen LogP contribution in [0.1, 0.15) is 109 Å². The van der Waals surface area contributed by atoms with Crippen LogP contribution in [0.4, 0.5) is 4.39 Å². The van der Waals surface area contributed by atoms with Gasteiger partial charge >= 0.3 is 0 Å². The molecule has 1 aliphatic rings. The van der Waals surface area contributed by atoms with Crippen LogP contribution in [0.25, 0.3) is 11.3 Å². The van der Waals surface area contributed by atoms with Crippen LogP contribution in [0.5, 0.6) is 0 Å². The molecule has 1 fully saturated rings. The second kappa shape index (κ2) is 13.7. The average molecular weight is 439 g/mol. The van der Waals surface area contributed by atoms with Gasteiger partial charge in [-0.1, -0.05) is 96.6 Å². The number of aromatic nitrogens is 2. The molecule has 1 aromatic heterocycles. The van der Waals surface area contributed by atoms with Gasteiger partial charge in [-0.25, -0.2) is 4.39 Å². The van der Waals surface area contributed by atoms with Crippen LogP contribution in [0.3, 0.4) is 0 Å². The van der Waals surface area contributed by atoms with Gasteiger partial charge in [0.2, 0.25) is 0 Å². The lowest BCUT2D eigenvalue weighted by molar-refractivity contribution is 0.248. The van der Waals surface area contributed by atoms with Gasteiger partial charge in [0.05, 0.1) is 11.4 Å². The van der Waals surface area contributed by atoms with E-state index >= 15 is 0 Å². The maximum Gasteiger partial charge on any atom is 0.127 e. The van der Waals surface area contributed by atoms with Crippen LogP contribution >= 0.6 is 0 Å². The van der Waals surface area contributed by atoms with Crippen molar-refractivity contribution in [3.8, 4) is 11.3 Å². The summed E-state index contributed by atoms with van der Waals surface area (Å²) in [4.78, 5) is 0. The van der Waals surface area contributed by atoms with E-state index in [1.54, 1.807) is 6.07 Å². The lowest BCUT2D eigenvalue weighted by Gasteiger charge is -2.28. The van der Waals surface area contributed by atoms with E-state index in [2.05, 4.69) is 24.0 Å². The molecule has 3 heteroatoms. The first kappa shape index (κ1) is 24.9. The van der Waals surface area contributed by atoms with E-state index in [-0.39, 0.29) is 5.82 Å². The van der Waals surface area contributed by atoms with Crippen molar-refractivity contribution in [3.63, 3.8) is 0 Å². The summed E-state index contributed by atoms with van der Waals surface area (Å²) in [6.45, 7) is 4.50. The molecular weight excluding hydrogens is 395 g/mol. The van der Waals surface area contributed by atoms with Crippen molar-refractivity contribution < 1.29 is 4.39 Å². The molecule has 176 valence electrons. The van der Waals surface area contributed by atoms with Crippen molar-refractivity contribution >= 4 is 0 Å². The molecule has 2 aromatic rings. The zero-order valence-electron chi connectivity index (χ0n) is 20.4. The molecule has 1 aliphatic carbocycles. The number of hydrogen-bond acceptors (Lipinski definition) is 2. The summed E-state index contributed by atoms with van der Waals surface area (Å²) in [5.41, 5.74) is 3.46. The van der Waals surface area contributed by atoms with Gasteiger partial charge in [0, 0.05) is 5.56 Å². The molecule has 1 aromatic carbocycles. The van der Waals surface area contributed by atoms with Crippen molar-refractivity contribution in [1.82, 2.24) is 10.2 Å². The van der Waals surface area contributed by atoms with E-state index in [1.165, 1.54) is 70.6 Å². The van der Waals surface area contributed by atoms with Crippen molar-refractivity contribution in [2.24, 2.45) is 11.8 Å². The Kier molecular flexibility index (Phi) is 10.6. The Morgan fingerprint density at radius 2 is 1.47 bits per heavy atom. The fourth-order valence-electron chi connectivity index (χ4n) is 5.14. The van der Waals surface area contributed by atoms with Crippen LogP contribution < -0.4 is 0 Å². The van der Waals surface area contributed by atoms with Crippen molar-refractivity contribution in [1.29, 1.82) is 0 Å². The predicted octanol–water partition coefficient (Wildman–Crippen LogP) is 8.72. The number of nitrogens with zero attached hydrogens (tertiary/aromatic N) is 2. The van der Waals surface area contributed by atoms with E-state index in [0.29, 0.717) is 0 Å². The molecule has 3 rings (SSSR count). The van der Waals surface area contributed by atoms with E-state index in [0.717, 1.165) is 60.0 Å². The first-order chi connectivity index (χ1) is 15.7. The van der Waals surface area contributed by atoms with Crippen LogP contribution in [-0.2, 0) is 12.8 Å². The Labute approximate surface area is 195 Å². The lowest BCUT2D eigenvalue weighted by atomic mass is 9.77. The Hall–Kier alpha value is -1.77. The number of rotatable bonds is 13. The molecule has 0 bridgehead atoms. The van der Waals surface area contributed by atoms with E-state index in [1.807, 2.05) is 24.3 Å². The first-order valence-electron chi connectivity index (χ1n) is 13.3. The van der Waals surface area contributed by atoms with Gasteiger partial charge < -0.3 is 0 Å². The van der Waals surface area contributed by atoms with Crippen molar-refractivity contribution in [2.75, 3.05) is 0 Å². The Morgan fingerprint density at radius 1 is 0.750 bits per heavy atom. The maximum absolute atomic E-state index is 14.8. The summed E-state index contributed by atoms with van der Waals surface area (Å²) in [5, 5.41) is 8.71. The number of hydrogen-bond donors (Lipinski definition) is 0. The highest BCUT2D eigenvalue weighted by Gasteiger charge is 2.21. The fourth-order valence-corrected chi connectivity index (χ4v) is 5.14. The minimum Gasteiger partial charge on any atom is -0.207 e. The molecule has 0 N–H and O–H groups in total. The normalized spacial score (nSPS) is 18.7. The smallest absolute Gasteiger partial charge is 0.127 e. The summed E-state index contributed by atoms with van der Waals surface area (Å²) in [7, 11) is 0. The van der Waals surface area contributed by atoms with Gasteiger partial charge in [0.15, 0.2) is 0 Å². The predicted molar refractivity (Wildman–Crippen MR) is 133 cm³/mol. The molecule has 1 saturated carbocycles. The minimum atomic E-state index is -0.0961. The number of benzene rings is 1. The number of aryl methyl sites for hydroxylation is 2. The van der Waals surface area contributed by atoms with Gasteiger partial charge in [-0.2, -0.15) is 10.2 Å². The average Bonchev–Trinajstić information content (AvgIpc) is 2.82. The SMILES string of the molecule is CCCCCCc1ccc(-c2ccc(CCC3CCC(CCCCC)CC3)c(F)c2)nn1. The third-order valence-electron chi connectivity index (χ3n) is 7.36. The van der Waals surface area contributed by atoms with Gasteiger partial charge in [0.1, 0.15) is 5.82 Å². The van der Waals surface area contributed by atoms with Crippen molar-refractivity contribution in [3.05, 3.63) is 47.4 Å². The van der Waals surface area contributed by atoms with Crippen LogP contribution in [0.15, 0.2) is 30.3 Å². The summed E-state index contributed by atoms with van der Waals surface area (Å²) in [6, 6.07) is 9.63. The molecule has 1 heterocycles. The summed E-state index contributed by atoms with van der Waals surface area (Å²) in [6.07, 6.45) is 18.8. The molecule has 2 nitrogen and oxygen atoms in total. The van der Waals surface area contributed by atoms with Gasteiger partial charge in [-0.15, -0.1) is 0 Å². The Bertz CT molecular complexity index is 778. The molecule has 0 radical (unpaired) electrons. The zero-order valence-corrected chi connectivity index (χ0v) is 20.4. The summed E-state index contributed by atoms with van der Waals surface area (Å²) in [5.74, 6) is 1.62. The zero-order chi connectivity index (χ0) is 22.6. The number of halogens is 1. The third kappa shape index (κ3) is 7.98. The fraction of sp³-hybridized carbons (Fsp3) is 0.655. The van der Waals surface area contributed by atoms with Gasteiger partial charge in [-0.05, 0) is 61.3 Å². The molecular formula is C29H43FN2. The van der Waals surface area contributed by atoms with E-state index in [9.17, 15) is 4.39 Å². The highest BCUT2D eigenvalue weighted by Crippen LogP contribution is 2.34. The van der Waals surface area contributed by atoms with Crippen LogP contribution in [0.2, 0.25) is 0 Å². The number of unbranched alkanes of at least 4 members (excludes halogenated alkanes) is 5. The molecule has 0 amide bonds. The highest BCUT2D eigenvalue weighted by molar-refractivity contribution is 5.59. The third-order valence-corrected chi connectivity index (χ3v) is 7.36. The largest absolute Gasteiger partial charge is 0.207 e. The van der Waals surface area contributed by atoms with E-state index in [4.69, 9.17) is 0 Å². The monoisotopic (exact) mass is 438 g/mol. The summed E-state index contributed by atoms with van der Waals surface area (Å²) >= 11 is 0. The molecule has 0 saturated heterocycles. The van der Waals surface area contributed by atoms with Crippen LogP contribution in [-0.4, -0.2) is 10.2 Å². The quantitative estimate of drug-likeness (QED) is 0.292. The molecule has 32 heavy (non-hydrogen) atoms. The second-order valence-corrected chi connectivity index (χ2v) is 9.95. The Balaban J connectivity index is 1.45. The topological polar surface area (TPSA) is 25.8 Å². The summed E-state index contributed by atoms with van der Waals surface area (Å²) < 4.78 is 14.8. The first-order valence-corrected chi connectivity index (χ1v) is 13.3. The highest BCUT2D eigenvalue weighted by atomic mass is 19.1. The van der Waals surface area contributed by atoms with Crippen LogP contribution in [0, 0.1) is 17.7 Å². The van der Waals surface area contributed by atoms with Crippen molar-refractivity contribution in [2.45, 2.75) is 110 Å². The molecule has 0 atom stereocenters. The standard InChI is InChI=1S/C29H43FN2/c1-3-5-7-9-11-27-20-21-29(32-31-27)26-19-18-25(28(30)22-26)17-16-24-14-12-23(13-15-24)10-8-6-4-2/h18-24H,3-17H2,1-2H3. The maximum atomic E-state index is 14.8.